The fraction of sp³-hybridized carbons (Fsp3) is 0.923. The van der Waals surface area contributed by atoms with Gasteiger partial charge in [0.25, 0.3) is 0 Å². The predicted molar refractivity (Wildman–Crippen MR) is 77.9 cm³/mol. The van der Waals surface area contributed by atoms with Crippen molar-refractivity contribution in [2.45, 2.75) is 45.8 Å². The quantitative estimate of drug-likeness (QED) is 0.590. The van der Waals surface area contributed by atoms with Crippen molar-refractivity contribution in [2.75, 3.05) is 32.9 Å². The van der Waals surface area contributed by atoms with E-state index in [0.29, 0.717) is 6.04 Å². The molecule has 0 amide bonds. The highest BCUT2D eigenvalue weighted by Gasteiger charge is 2.26. The molecule has 1 aliphatic rings. The smallest absolute Gasteiger partial charge is 0.169 e. The van der Waals surface area contributed by atoms with Crippen LogP contribution in [0.15, 0.2) is 0 Å². The number of hydrogen-bond donors (Lipinski definition) is 1. The van der Waals surface area contributed by atoms with Crippen LogP contribution in [-0.4, -0.2) is 55.1 Å². The number of nitrogens with one attached hydrogen (secondary N) is 1. The van der Waals surface area contributed by atoms with Crippen molar-refractivity contribution in [3.63, 3.8) is 0 Å². The fourth-order valence-electron chi connectivity index (χ4n) is 2.05. The molecule has 0 aliphatic carbocycles. The van der Waals surface area contributed by atoms with Crippen LogP contribution < -0.4 is 5.32 Å². The van der Waals surface area contributed by atoms with Gasteiger partial charge in [0.05, 0.1) is 18.8 Å². The number of nitrogens with zero attached hydrogens (tertiary/aromatic N) is 1. The van der Waals surface area contributed by atoms with E-state index in [1.54, 1.807) is 0 Å². The van der Waals surface area contributed by atoms with Gasteiger partial charge in [0.2, 0.25) is 0 Å². The number of morpholine rings is 1. The van der Waals surface area contributed by atoms with Crippen molar-refractivity contribution < 1.29 is 9.47 Å². The number of rotatable bonds is 6. The molecule has 0 aromatic heterocycles. The van der Waals surface area contributed by atoms with E-state index in [1.807, 2.05) is 6.92 Å². The van der Waals surface area contributed by atoms with E-state index in [0.717, 1.165) is 50.9 Å². The van der Waals surface area contributed by atoms with E-state index >= 15 is 0 Å². The zero-order valence-electron chi connectivity index (χ0n) is 11.8. The normalized spacial score (nSPS) is 24.1. The summed E-state index contributed by atoms with van der Waals surface area (Å²) in [5, 5.41) is 4.17. The van der Waals surface area contributed by atoms with Gasteiger partial charge < -0.3 is 19.7 Å². The van der Waals surface area contributed by atoms with Crippen LogP contribution in [0.25, 0.3) is 0 Å². The molecule has 1 rings (SSSR count). The molecule has 1 fully saturated rings. The largest absolute Gasteiger partial charge is 0.382 e. The third kappa shape index (κ3) is 5.08. The van der Waals surface area contributed by atoms with Gasteiger partial charge in [-0.2, -0.15) is 0 Å². The summed E-state index contributed by atoms with van der Waals surface area (Å²) in [7, 11) is 0. The van der Waals surface area contributed by atoms with Crippen LogP contribution in [0.3, 0.4) is 0 Å². The summed E-state index contributed by atoms with van der Waals surface area (Å²) in [5.41, 5.74) is 0. The zero-order chi connectivity index (χ0) is 13.4. The summed E-state index contributed by atoms with van der Waals surface area (Å²) < 4.78 is 11.0. The van der Waals surface area contributed by atoms with Crippen molar-refractivity contribution in [1.29, 1.82) is 0 Å². The van der Waals surface area contributed by atoms with Gasteiger partial charge >= 0.3 is 0 Å². The second-order valence-corrected chi connectivity index (χ2v) is 5.03. The monoisotopic (exact) mass is 274 g/mol. The van der Waals surface area contributed by atoms with Gasteiger partial charge in [0.1, 0.15) is 0 Å². The van der Waals surface area contributed by atoms with E-state index in [1.165, 1.54) is 0 Å². The average Bonchev–Trinajstić information content (AvgIpc) is 2.38. The summed E-state index contributed by atoms with van der Waals surface area (Å²) in [5.74, 6) is 0. The second-order valence-electron chi connectivity index (χ2n) is 4.64. The highest BCUT2D eigenvalue weighted by molar-refractivity contribution is 7.80. The van der Waals surface area contributed by atoms with Crippen LogP contribution >= 0.6 is 12.2 Å². The first kappa shape index (κ1) is 15.7. The van der Waals surface area contributed by atoms with E-state index in [2.05, 4.69) is 24.1 Å². The van der Waals surface area contributed by atoms with E-state index in [9.17, 15) is 0 Å². The summed E-state index contributed by atoms with van der Waals surface area (Å²) in [6.45, 7) is 10.4. The average molecular weight is 274 g/mol. The molecule has 0 radical (unpaired) electrons. The van der Waals surface area contributed by atoms with Crippen LogP contribution in [0.1, 0.15) is 33.6 Å². The van der Waals surface area contributed by atoms with E-state index in [-0.39, 0.29) is 6.10 Å². The van der Waals surface area contributed by atoms with Crippen LogP contribution in [0.2, 0.25) is 0 Å². The zero-order valence-corrected chi connectivity index (χ0v) is 12.6. The number of hydrogen-bond acceptors (Lipinski definition) is 3. The molecule has 1 N–H and O–H groups in total. The van der Waals surface area contributed by atoms with Crippen molar-refractivity contribution in [1.82, 2.24) is 10.2 Å². The number of ether oxygens (including phenoxy) is 2. The lowest BCUT2D eigenvalue weighted by Crippen LogP contribution is -2.54. The second kappa shape index (κ2) is 8.67. The Morgan fingerprint density at radius 3 is 2.94 bits per heavy atom. The molecule has 2 unspecified atom stereocenters. The Bertz CT molecular complexity index is 251. The Labute approximate surface area is 116 Å². The third-order valence-electron chi connectivity index (χ3n) is 3.15. The molecule has 0 spiro atoms. The van der Waals surface area contributed by atoms with E-state index < -0.39 is 0 Å². The van der Waals surface area contributed by atoms with Gasteiger partial charge in [-0.15, -0.1) is 0 Å². The van der Waals surface area contributed by atoms with E-state index in [4.69, 9.17) is 21.7 Å². The molecule has 0 aromatic rings. The molecule has 0 bridgehead atoms. The molecular formula is C13H26N2O2S. The van der Waals surface area contributed by atoms with Crippen LogP contribution in [0, 0.1) is 0 Å². The highest BCUT2D eigenvalue weighted by Crippen LogP contribution is 2.14. The molecule has 1 saturated heterocycles. The standard InChI is InChI=1S/C13H26N2O2S/c1-4-12-10-17-11(3)9-15(12)13(18)14-7-6-8-16-5-2/h11-12H,4-10H2,1-3H3,(H,14,18). The lowest BCUT2D eigenvalue weighted by atomic mass is 10.1. The first-order chi connectivity index (χ1) is 8.69. The summed E-state index contributed by atoms with van der Waals surface area (Å²) in [4.78, 5) is 2.27. The third-order valence-corrected chi connectivity index (χ3v) is 3.52. The Hall–Kier alpha value is -0.390. The first-order valence-corrected chi connectivity index (χ1v) is 7.33. The Balaban J connectivity index is 2.29. The molecule has 0 aromatic carbocycles. The topological polar surface area (TPSA) is 33.7 Å². The highest BCUT2D eigenvalue weighted by atomic mass is 32.1. The molecule has 106 valence electrons. The molecule has 2 atom stereocenters. The van der Waals surface area contributed by atoms with Crippen molar-refractivity contribution in [3.05, 3.63) is 0 Å². The van der Waals surface area contributed by atoms with Gasteiger partial charge in [-0.3, -0.25) is 0 Å². The summed E-state index contributed by atoms with van der Waals surface area (Å²) >= 11 is 5.47. The van der Waals surface area contributed by atoms with Gasteiger partial charge in [-0.25, -0.2) is 0 Å². The predicted octanol–water partition coefficient (Wildman–Crippen LogP) is 1.79. The summed E-state index contributed by atoms with van der Waals surface area (Å²) in [6.07, 6.45) is 2.31. The fourth-order valence-corrected chi connectivity index (χ4v) is 2.37. The minimum atomic E-state index is 0.260. The van der Waals surface area contributed by atoms with Gasteiger partial charge in [0.15, 0.2) is 5.11 Å². The molecule has 5 heteroatoms. The van der Waals surface area contributed by atoms with Gasteiger partial charge in [-0.05, 0) is 38.9 Å². The molecule has 4 nitrogen and oxygen atoms in total. The van der Waals surface area contributed by atoms with Gasteiger partial charge in [0, 0.05) is 26.3 Å². The van der Waals surface area contributed by atoms with Gasteiger partial charge in [-0.1, -0.05) is 6.92 Å². The SMILES string of the molecule is CCOCCCNC(=S)N1CC(C)OCC1CC. The molecular weight excluding hydrogens is 248 g/mol. The lowest BCUT2D eigenvalue weighted by molar-refractivity contribution is -0.0286. The van der Waals surface area contributed by atoms with Crippen LogP contribution in [0.4, 0.5) is 0 Å². The minimum absolute atomic E-state index is 0.260. The Kier molecular flexibility index (Phi) is 7.54. The van der Waals surface area contributed by atoms with Crippen LogP contribution in [0.5, 0.6) is 0 Å². The Morgan fingerprint density at radius 2 is 2.28 bits per heavy atom. The number of thiocarbonyl (C=S) groups is 1. The maximum absolute atomic E-state index is 5.67. The molecule has 1 aliphatic heterocycles. The molecule has 1 heterocycles. The lowest BCUT2D eigenvalue weighted by Gasteiger charge is -2.40. The Morgan fingerprint density at radius 1 is 1.50 bits per heavy atom. The summed E-state index contributed by atoms with van der Waals surface area (Å²) in [6, 6.07) is 0.410. The first-order valence-electron chi connectivity index (χ1n) is 6.92. The van der Waals surface area contributed by atoms with Crippen molar-refractivity contribution >= 4 is 17.3 Å². The van der Waals surface area contributed by atoms with Crippen molar-refractivity contribution in [3.8, 4) is 0 Å². The van der Waals surface area contributed by atoms with Crippen molar-refractivity contribution in [2.24, 2.45) is 0 Å². The minimum Gasteiger partial charge on any atom is -0.382 e. The van der Waals surface area contributed by atoms with Crippen LogP contribution in [-0.2, 0) is 9.47 Å². The maximum atomic E-state index is 5.67. The molecule has 0 saturated carbocycles. The molecule has 18 heavy (non-hydrogen) atoms. The maximum Gasteiger partial charge on any atom is 0.169 e.